The third-order valence-electron chi connectivity index (χ3n) is 4.18. The van der Waals surface area contributed by atoms with Crippen LogP contribution < -0.4 is 0 Å². The Kier molecular flexibility index (Phi) is 4.27. The summed E-state index contributed by atoms with van der Waals surface area (Å²) in [6.07, 6.45) is 4.05. The number of nitrogens with zero attached hydrogens (tertiary/aromatic N) is 3. The van der Waals surface area contributed by atoms with E-state index in [9.17, 15) is 0 Å². The Bertz CT molecular complexity index is 452. The molecule has 0 aromatic carbocycles. The van der Waals surface area contributed by atoms with Gasteiger partial charge in [-0.15, -0.1) is 0 Å². The number of aromatic nitrogens is 1. The molecule has 2 fully saturated rings. The maximum atomic E-state index is 6.19. The molecule has 0 saturated carbocycles. The predicted molar refractivity (Wildman–Crippen MR) is 78.7 cm³/mol. The normalized spacial score (nSPS) is 25.3. The first-order valence-electron chi connectivity index (χ1n) is 7.00. The van der Waals surface area contributed by atoms with Gasteiger partial charge in [0.25, 0.3) is 0 Å². The fourth-order valence-electron chi connectivity index (χ4n) is 3.14. The quantitative estimate of drug-likeness (QED) is 0.783. The van der Waals surface area contributed by atoms with Crippen LogP contribution >= 0.6 is 23.2 Å². The molecule has 3 rings (SSSR count). The van der Waals surface area contributed by atoms with Gasteiger partial charge in [-0.2, -0.15) is 0 Å². The molecule has 5 heteroatoms. The van der Waals surface area contributed by atoms with Crippen molar-refractivity contribution in [2.45, 2.75) is 31.8 Å². The molecule has 1 atom stereocenters. The summed E-state index contributed by atoms with van der Waals surface area (Å²) in [5, 5.41) is 1.24. The highest BCUT2D eigenvalue weighted by Gasteiger charge is 2.29. The van der Waals surface area contributed by atoms with Crippen LogP contribution in [-0.2, 0) is 6.54 Å². The molecule has 104 valence electrons. The highest BCUT2D eigenvalue weighted by Crippen LogP contribution is 2.24. The number of hydrogen-bond acceptors (Lipinski definition) is 3. The maximum absolute atomic E-state index is 6.19. The molecule has 1 unspecified atom stereocenters. The van der Waals surface area contributed by atoms with Crippen LogP contribution in [0.3, 0.4) is 0 Å². The largest absolute Gasteiger partial charge is 0.298 e. The summed E-state index contributed by atoms with van der Waals surface area (Å²) in [4.78, 5) is 9.44. The molecule has 1 aromatic heterocycles. The summed E-state index contributed by atoms with van der Waals surface area (Å²) in [5.41, 5.74) is 0.901. The second-order valence-corrected chi connectivity index (χ2v) is 6.28. The number of piperazine rings is 1. The molecule has 3 nitrogen and oxygen atoms in total. The zero-order valence-corrected chi connectivity index (χ0v) is 12.5. The van der Waals surface area contributed by atoms with Gasteiger partial charge in [0.05, 0.1) is 10.7 Å². The van der Waals surface area contributed by atoms with Gasteiger partial charge in [-0.1, -0.05) is 29.6 Å². The number of halogens is 2. The van der Waals surface area contributed by atoms with Crippen molar-refractivity contribution in [1.82, 2.24) is 14.8 Å². The van der Waals surface area contributed by atoms with Crippen LogP contribution in [0.25, 0.3) is 0 Å². The first-order chi connectivity index (χ1) is 9.22. The van der Waals surface area contributed by atoms with Crippen LogP contribution in [0.15, 0.2) is 12.1 Å². The minimum Gasteiger partial charge on any atom is -0.298 e. The van der Waals surface area contributed by atoms with Crippen LogP contribution in [0, 0.1) is 0 Å². The molecule has 0 spiro atoms. The fraction of sp³-hybridized carbons (Fsp3) is 0.643. The topological polar surface area (TPSA) is 19.4 Å². The van der Waals surface area contributed by atoms with Gasteiger partial charge in [-0.25, -0.2) is 4.98 Å². The summed E-state index contributed by atoms with van der Waals surface area (Å²) in [6, 6.07) is 4.30. The van der Waals surface area contributed by atoms with Crippen LogP contribution in [0.2, 0.25) is 10.2 Å². The zero-order valence-electron chi connectivity index (χ0n) is 11.0. The standard InChI is InChI=1S/C14H19Cl2N3/c15-12-4-5-14(16)17-13(12)10-18-7-8-19-6-2-1-3-11(19)9-18/h4-5,11H,1-3,6-10H2. The number of hydrogen-bond donors (Lipinski definition) is 0. The van der Waals surface area contributed by atoms with E-state index in [1.807, 2.05) is 6.07 Å². The number of fused-ring (bicyclic) bond motifs is 1. The Labute approximate surface area is 124 Å². The van der Waals surface area contributed by atoms with Gasteiger partial charge in [-0.05, 0) is 31.5 Å². The summed E-state index contributed by atoms with van der Waals surface area (Å²) < 4.78 is 0. The molecular weight excluding hydrogens is 281 g/mol. The van der Waals surface area contributed by atoms with Crippen LogP contribution in [0.1, 0.15) is 25.0 Å². The molecule has 3 heterocycles. The molecule has 0 N–H and O–H groups in total. The second-order valence-electron chi connectivity index (χ2n) is 5.48. The van der Waals surface area contributed by atoms with Gasteiger partial charge in [0.15, 0.2) is 0 Å². The van der Waals surface area contributed by atoms with Crippen LogP contribution in [-0.4, -0.2) is 47.0 Å². The zero-order chi connectivity index (χ0) is 13.2. The van der Waals surface area contributed by atoms with E-state index in [-0.39, 0.29) is 0 Å². The summed E-state index contributed by atoms with van der Waals surface area (Å²) >= 11 is 12.1. The molecule has 1 aromatic rings. The Morgan fingerprint density at radius 3 is 2.95 bits per heavy atom. The van der Waals surface area contributed by atoms with E-state index in [4.69, 9.17) is 23.2 Å². The van der Waals surface area contributed by atoms with Crippen molar-refractivity contribution in [3.63, 3.8) is 0 Å². The fourth-order valence-corrected chi connectivity index (χ4v) is 3.47. The van der Waals surface area contributed by atoms with Gasteiger partial charge in [-0.3, -0.25) is 9.80 Å². The van der Waals surface area contributed by atoms with E-state index in [0.29, 0.717) is 5.15 Å². The van der Waals surface area contributed by atoms with Crippen molar-refractivity contribution in [3.8, 4) is 0 Å². The third-order valence-corrected chi connectivity index (χ3v) is 4.73. The van der Waals surface area contributed by atoms with Gasteiger partial charge in [0.2, 0.25) is 0 Å². The number of pyridine rings is 1. The van der Waals surface area contributed by atoms with E-state index in [2.05, 4.69) is 14.8 Å². The molecule has 0 bridgehead atoms. The molecule has 19 heavy (non-hydrogen) atoms. The maximum Gasteiger partial charge on any atom is 0.129 e. The minimum absolute atomic E-state index is 0.524. The van der Waals surface area contributed by atoms with Crippen molar-refractivity contribution < 1.29 is 0 Å². The predicted octanol–water partition coefficient (Wildman–Crippen LogP) is 3.06. The summed E-state index contributed by atoms with van der Waals surface area (Å²) in [6.45, 7) is 5.48. The Morgan fingerprint density at radius 2 is 2.05 bits per heavy atom. The van der Waals surface area contributed by atoms with Crippen molar-refractivity contribution in [2.75, 3.05) is 26.2 Å². The first kappa shape index (κ1) is 13.6. The van der Waals surface area contributed by atoms with Gasteiger partial charge < -0.3 is 0 Å². The molecule has 2 aliphatic heterocycles. The lowest BCUT2D eigenvalue weighted by molar-refractivity contribution is 0.0451. The molecular formula is C14H19Cl2N3. The third kappa shape index (κ3) is 3.22. The molecule has 0 amide bonds. The monoisotopic (exact) mass is 299 g/mol. The van der Waals surface area contributed by atoms with E-state index in [0.717, 1.165) is 36.4 Å². The lowest BCUT2D eigenvalue weighted by atomic mass is 9.99. The average molecular weight is 300 g/mol. The Balaban J connectivity index is 1.65. The van der Waals surface area contributed by atoms with Crippen molar-refractivity contribution in [2.24, 2.45) is 0 Å². The lowest BCUT2D eigenvalue weighted by Crippen LogP contribution is -2.54. The van der Waals surface area contributed by atoms with Crippen molar-refractivity contribution >= 4 is 23.2 Å². The molecule has 2 saturated heterocycles. The molecule has 0 aliphatic carbocycles. The minimum atomic E-state index is 0.524. The number of rotatable bonds is 2. The first-order valence-corrected chi connectivity index (χ1v) is 7.75. The van der Waals surface area contributed by atoms with E-state index >= 15 is 0 Å². The van der Waals surface area contributed by atoms with Gasteiger partial charge in [0.1, 0.15) is 5.15 Å². The SMILES string of the molecule is Clc1ccc(Cl)c(CN2CCN3CCCCC3C2)n1. The van der Waals surface area contributed by atoms with E-state index in [1.54, 1.807) is 6.07 Å². The molecule has 0 radical (unpaired) electrons. The second kappa shape index (κ2) is 5.96. The number of piperidine rings is 1. The summed E-state index contributed by atoms with van der Waals surface area (Å²) in [7, 11) is 0. The molecule has 2 aliphatic rings. The summed E-state index contributed by atoms with van der Waals surface area (Å²) in [5.74, 6) is 0. The Morgan fingerprint density at radius 1 is 1.16 bits per heavy atom. The Hall–Kier alpha value is -0.350. The van der Waals surface area contributed by atoms with Crippen molar-refractivity contribution in [1.29, 1.82) is 0 Å². The average Bonchev–Trinajstić information content (AvgIpc) is 2.43. The smallest absolute Gasteiger partial charge is 0.129 e. The highest BCUT2D eigenvalue weighted by atomic mass is 35.5. The van der Waals surface area contributed by atoms with Crippen molar-refractivity contribution in [3.05, 3.63) is 28.0 Å². The highest BCUT2D eigenvalue weighted by molar-refractivity contribution is 6.32. The van der Waals surface area contributed by atoms with Gasteiger partial charge >= 0.3 is 0 Å². The van der Waals surface area contributed by atoms with Crippen LogP contribution in [0.4, 0.5) is 0 Å². The lowest BCUT2D eigenvalue weighted by Gasteiger charge is -2.44. The van der Waals surface area contributed by atoms with E-state index in [1.165, 1.54) is 32.4 Å². The van der Waals surface area contributed by atoms with Gasteiger partial charge in [0, 0.05) is 32.2 Å². The van der Waals surface area contributed by atoms with E-state index < -0.39 is 0 Å². The van der Waals surface area contributed by atoms with Crippen LogP contribution in [0.5, 0.6) is 0 Å².